The van der Waals surface area contributed by atoms with Crippen LogP contribution in [0.1, 0.15) is 55.6 Å². The zero-order valence-electron chi connectivity index (χ0n) is 12.1. The molecule has 112 valence electrons. The van der Waals surface area contributed by atoms with E-state index < -0.39 is 0 Å². The third kappa shape index (κ3) is 3.13. The second-order valence-electron chi connectivity index (χ2n) is 6.06. The van der Waals surface area contributed by atoms with Crippen molar-refractivity contribution in [3.63, 3.8) is 0 Å². The SMILES string of the molecule is O=C=NC1(c2ccc(C3CCSCC3)c(Br)c2)CCCC1. The fraction of sp³-hybridized carbons (Fsp3) is 0.588. The van der Waals surface area contributed by atoms with E-state index in [4.69, 9.17) is 0 Å². The predicted octanol–water partition coefficient (Wildman–Crippen LogP) is 5.16. The summed E-state index contributed by atoms with van der Waals surface area (Å²) in [6.45, 7) is 0. The number of hydrogen-bond acceptors (Lipinski definition) is 3. The van der Waals surface area contributed by atoms with Crippen molar-refractivity contribution in [2.45, 2.75) is 50.0 Å². The fourth-order valence-corrected chi connectivity index (χ4v) is 5.48. The smallest absolute Gasteiger partial charge is 0.211 e. The van der Waals surface area contributed by atoms with Gasteiger partial charge in [-0.15, -0.1) is 0 Å². The highest BCUT2D eigenvalue weighted by atomic mass is 79.9. The summed E-state index contributed by atoms with van der Waals surface area (Å²) >= 11 is 5.81. The Hall–Kier alpha value is -0.570. The van der Waals surface area contributed by atoms with E-state index in [1.165, 1.54) is 39.9 Å². The van der Waals surface area contributed by atoms with Crippen LogP contribution in [0.25, 0.3) is 0 Å². The molecule has 2 fully saturated rings. The second kappa shape index (κ2) is 6.68. The van der Waals surface area contributed by atoms with Crippen molar-refractivity contribution in [1.82, 2.24) is 0 Å². The van der Waals surface area contributed by atoms with Gasteiger partial charge in [-0.25, -0.2) is 4.79 Å². The van der Waals surface area contributed by atoms with Gasteiger partial charge in [-0.05, 0) is 60.3 Å². The largest absolute Gasteiger partial charge is 0.235 e. The Bertz CT molecular complexity index is 556. The predicted molar refractivity (Wildman–Crippen MR) is 91.7 cm³/mol. The summed E-state index contributed by atoms with van der Waals surface area (Å²) < 4.78 is 1.18. The van der Waals surface area contributed by atoms with E-state index in [1.807, 2.05) is 0 Å². The molecule has 0 unspecified atom stereocenters. The zero-order chi connectivity index (χ0) is 14.7. The van der Waals surface area contributed by atoms with E-state index in [-0.39, 0.29) is 5.54 Å². The van der Waals surface area contributed by atoms with Crippen LogP contribution in [0.5, 0.6) is 0 Å². The number of carbonyl (C=O) groups excluding carboxylic acids is 1. The number of thioether (sulfide) groups is 1. The highest BCUT2D eigenvalue weighted by Gasteiger charge is 2.36. The first kappa shape index (κ1) is 15.3. The Morgan fingerprint density at radius 2 is 1.95 bits per heavy atom. The van der Waals surface area contributed by atoms with Crippen LogP contribution in [0.3, 0.4) is 0 Å². The van der Waals surface area contributed by atoms with Gasteiger partial charge in [0.25, 0.3) is 0 Å². The molecule has 0 atom stereocenters. The Labute approximate surface area is 138 Å². The lowest BCUT2D eigenvalue weighted by atomic mass is 9.86. The molecule has 2 nitrogen and oxygen atoms in total. The minimum absolute atomic E-state index is 0.314. The van der Waals surface area contributed by atoms with Gasteiger partial charge in [0.05, 0.1) is 5.54 Å². The lowest BCUT2D eigenvalue weighted by Gasteiger charge is -2.26. The summed E-state index contributed by atoms with van der Waals surface area (Å²) in [5.74, 6) is 3.19. The van der Waals surface area contributed by atoms with Crippen LogP contribution in [0, 0.1) is 0 Å². The maximum atomic E-state index is 10.8. The van der Waals surface area contributed by atoms with Gasteiger partial charge in [0, 0.05) is 4.47 Å². The quantitative estimate of drug-likeness (QED) is 0.546. The molecule has 1 saturated carbocycles. The molecule has 4 heteroatoms. The molecule has 1 heterocycles. The van der Waals surface area contributed by atoms with E-state index >= 15 is 0 Å². The van der Waals surface area contributed by atoms with Crippen molar-refractivity contribution in [2.75, 3.05) is 11.5 Å². The van der Waals surface area contributed by atoms with Crippen LogP contribution < -0.4 is 0 Å². The van der Waals surface area contributed by atoms with E-state index in [1.54, 1.807) is 6.08 Å². The van der Waals surface area contributed by atoms with Gasteiger partial charge in [-0.1, -0.05) is 40.9 Å². The van der Waals surface area contributed by atoms with Crippen molar-refractivity contribution in [1.29, 1.82) is 0 Å². The molecular weight excluding hydrogens is 346 g/mol. The summed E-state index contributed by atoms with van der Waals surface area (Å²) in [4.78, 5) is 15.0. The van der Waals surface area contributed by atoms with Crippen LogP contribution in [0.2, 0.25) is 0 Å². The van der Waals surface area contributed by atoms with E-state index in [0.717, 1.165) is 25.7 Å². The van der Waals surface area contributed by atoms with Crippen molar-refractivity contribution >= 4 is 33.8 Å². The lowest BCUT2D eigenvalue weighted by Crippen LogP contribution is -2.19. The Kier molecular flexibility index (Phi) is 4.88. The molecule has 1 aromatic carbocycles. The molecule has 0 spiro atoms. The highest BCUT2D eigenvalue weighted by Crippen LogP contribution is 2.44. The van der Waals surface area contributed by atoms with Gasteiger partial charge in [0.15, 0.2) is 0 Å². The normalized spacial score (nSPS) is 22.0. The molecule has 3 rings (SSSR count). The molecule has 0 radical (unpaired) electrons. The molecule has 0 bridgehead atoms. The Balaban J connectivity index is 1.91. The zero-order valence-corrected chi connectivity index (χ0v) is 14.5. The first-order valence-electron chi connectivity index (χ1n) is 7.72. The summed E-state index contributed by atoms with van der Waals surface area (Å²) in [5.41, 5.74) is 2.28. The van der Waals surface area contributed by atoms with Crippen LogP contribution in [0.15, 0.2) is 27.7 Å². The van der Waals surface area contributed by atoms with Gasteiger partial charge >= 0.3 is 0 Å². The first-order valence-corrected chi connectivity index (χ1v) is 9.67. The number of rotatable bonds is 3. The standard InChI is InChI=1S/C17H20BrNOS/c18-16-11-14(17(19-12-20)7-1-2-8-17)3-4-15(16)13-5-9-21-10-6-13/h3-4,11,13H,1-2,5-10H2. The van der Waals surface area contributed by atoms with Gasteiger partial charge in [-0.2, -0.15) is 16.8 Å². The third-order valence-corrected chi connectivity index (χ3v) is 6.62. The van der Waals surface area contributed by atoms with E-state index in [2.05, 4.69) is 50.9 Å². The van der Waals surface area contributed by atoms with Crippen LogP contribution in [-0.2, 0) is 10.3 Å². The van der Waals surface area contributed by atoms with Gasteiger partial charge in [-0.3, -0.25) is 0 Å². The Morgan fingerprint density at radius 3 is 2.57 bits per heavy atom. The van der Waals surface area contributed by atoms with Crippen molar-refractivity contribution < 1.29 is 4.79 Å². The molecule has 1 aliphatic carbocycles. The van der Waals surface area contributed by atoms with Crippen LogP contribution in [-0.4, -0.2) is 17.6 Å². The lowest BCUT2D eigenvalue weighted by molar-refractivity contribution is 0.455. The van der Waals surface area contributed by atoms with Crippen molar-refractivity contribution in [2.24, 2.45) is 4.99 Å². The number of aliphatic imine (C=N–C) groups is 1. The van der Waals surface area contributed by atoms with Crippen molar-refractivity contribution in [3.05, 3.63) is 33.8 Å². The van der Waals surface area contributed by atoms with Gasteiger partial charge in [0.1, 0.15) is 0 Å². The topological polar surface area (TPSA) is 29.4 Å². The highest BCUT2D eigenvalue weighted by molar-refractivity contribution is 9.10. The Morgan fingerprint density at radius 1 is 1.24 bits per heavy atom. The monoisotopic (exact) mass is 365 g/mol. The molecular formula is C17H20BrNOS. The molecule has 21 heavy (non-hydrogen) atoms. The number of isocyanates is 1. The maximum absolute atomic E-state index is 10.8. The second-order valence-corrected chi connectivity index (χ2v) is 8.14. The molecule has 2 aliphatic rings. The summed E-state index contributed by atoms with van der Waals surface area (Å²) in [5, 5.41) is 0. The maximum Gasteiger partial charge on any atom is 0.235 e. The minimum atomic E-state index is -0.314. The molecule has 1 aromatic rings. The summed E-state index contributed by atoms with van der Waals surface area (Å²) in [6.07, 6.45) is 8.55. The summed E-state index contributed by atoms with van der Waals surface area (Å²) in [6, 6.07) is 6.64. The molecule has 0 aromatic heterocycles. The van der Waals surface area contributed by atoms with Gasteiger partial charge in [0.2, 0.25) is 6.08 Å². The van der Waals surface area contributed by atoms with E-state index in [0.29, 0.717) is 5.92 Å². The average molecular weight is 366 g/mol. The van der Waals surface area contributed by atoms with Gasteiger partial charge < -0.3 is 0 Å². The van der Waals surface area contributed by atoms with E-state index in [9.17, 15) is 4.79 Å². The molecule has 1 aliphatic heterocycles. The minimum Gasteiger partial charge on any atom is -0.211 e. The number of nitrogens with zero attached hydrogens (tertiary/aromatic N) is 1. The average Bonchev–Trinajstić information content (AvgIpc) is 2.98. The number of hydrogen-bond donors (Lipinski definition) is 0. The fourth-order valence-electron chi connectivity index (χ4n) is 3.67. The third-order valence-electron chi connectivity index (χ3n) is 4.89. The summed E-state index contributed by atoms with van der Waals surface area (Å²) in [7, 11) is 0. The molecule has 1 saturated heterocycles. The van der Waals surface area contributed by atoms with Crippen LogP contribution in [0.4, 0.5) is 0 Å². The molecule has 0 N–H and O–H groups in total. The number of halogens is 1. The molecule has 0 amide bonds. The number of benzene rings is 1. The van der Waals surface area contributed by atoms with Crippen LogP contribution >= 0.6 is 27.7 Å². The first-order chi connectivity index (χ1) is 10.2. The van der Waals surface area contributed by atoms with Crippen molar-refractivity contribution in [3.8, 4) is 0 Å².